The molecule has 1 saturated heterocycles. The van der Waals surface area contributed by atoms with Gasteiger partial charge in [0.25, 0.3) is 0 Å². The number of nitrogens with zero attached hydrogens (tertiary/aromatic N) is 1. The zero-order chi connectivity index (χ0) is 14.4. The molecule has 3 N–H and O–H groups in total. The third-order valence-corrected chi connectivity index (χ3v) is 4.41. The Morgan fingerprint density at radius 2 is 2.05 bits per heavy atom. The van der Waals surface area contributed by atoms with Crippen molar-refractivity contribution < 1.29 is 10.2 Å². The molecule has 112 valence electrons. The molecule has 0 saturated carbocycles. The number of aromatic hydroxyl groups is 1. The Morgan fingerprint density at radius 1 is 1.30 bits per heavy atom. The first-order valence-electron chi connectivity index (χ1n) is 7.24. The maximum absolute atomic E-state index is 9.86. The Kier molecular flexibility index (Phi) is 6.29. The van der Waals surface area contributed by atoms with Gasteiger partial charge in [-0.3, -0.25) is 0 Å². The SMILES string of the molecule is Oc1c(Br)cccc1CNCCCN1CCC(O)CC1. The number of benzene rings is 1. The number of likely N-dealkylation sites (tertiary alicyclic amines) is 1. The average Bonchev–Trinajstić information content (AvgIpc) is 2.45. The van der Waals surface area contributed by atoms with E-state index in [9.17, 15) is 10.2 Å². The van der Waals surface area contributed by atoms with Crippen LogP contribution in [0.5, 0.6) is 5.75 Å². The number of nitrogens with one attached hydrogen (secondary N) is 1. The summed E-state index contributed by atoms with van der Waals surface area (Å²) >= 11 is 3.32. The molecule has 0 aliphatic carbocycles. The lowest BCUT2D eigenvalue weighted by molar-refractivity contribution is 0.0821. The molecule has 1 aromatic carbocycles. The molecule has 1 fully saturated rings. The van der Waals surface area contributed by atoms with Crippen molar-refractivity contribution in [1.29, 1.82) is 0 Å². The van der Waals surface area contributed by atoms with Gasteiger partial charge < -0.3 is 20.4 Å². The molecule has 1 aliphatic rings. The van der Waals surface area contributed by atoms with Crippen molar-refractivity contribution in [2.75, 3.05) is 26.2 Å². The van der Waals surface area contributed by atoms with E-state index < -0.39 is 0 Å². The normalized spacial score (nSPS) is 17.5. The molecular weight excluding hydrogens is 320 g/mol. The van der Waals surface area contributed by atoms with E-state index in [1.807, 2.05) is 18.2 Å². The summed E-state index contributed by atoms with van der Waals surface area (Å²) in [7, 11) is 0. The third kappa shape index (κ3) is 4.74. The second kappa shape index (κ2) is 7.98. The summed E-state index contributed by atoms with van der Waals surface area (Å²) in [6.07, 6.45) is 2.80. The van der Waals surface area contributed by atoms with Crippen molar-refractivity contribution in [2.24, 2.45) is 0 Å². The van der Waals surface area contributed by atoms with Crippen molar-refractivity contribution in [2.45, 2.75) is 31.9 Å². The van der Waals surface area contributed by atoms with Crippen molar-refractivity contribution >= 4 is 15.9 Å². The van der Waals surface area contributed by atoms with Crippen molar-refractivity contribution in [1.82, 2.24) is 10.2 Å². The number of piperidine rings is 1. The quantitative estimate of drug-likeness (QED) is 0.693. The number of para-hydroxylation sites is 1. The minimum Gasteiger partial charge on any atom is -0.506 e. The predicted octanol–water partition coefficient (Wildman–Crippen LogP) is 2.09. The summed E-state index contributed by atoms with van der Waals surface area (Å²) in [5.41, 5.74) is 0.917. The molecule has 0 spiro atoms. The first-order chi connectivity index (χ1) is 9.66. The second-order valence-electron chi connectivity index (χ2n) is 5.35. The van der Waals surface area contributed by atoms with Crippen LogP contribution in [0.1, 0.15) is 24.8 Å². The lowest BCUT2D eigenvalue weighted by atomic mass is 10.1. The molecule has 0 amide bonds. The van der Waals surface area contributed by atoms with Crippen LogP contribution < -0.4 is 5.32 Å². The predicted molar refractivity (Wildman–Crippen MR) is 83.8 cm³/mol. The Bertz CT molecular complexity index is 420. The number of halogens is 1. The zero-order valence-electron chi connectivity index (χ0n) is 11.7. The van der Waals surface area contributed by atoms with E-state index in [-0.39, 0.29) is 6.10 Å². The Labute approximate surface area is 128 Å². The van der Waals surface area contributed by atoms with Gasteiger partial charge in [0, 0.05) is 25.2 Å². The topological polar surface area (TPSA) is 55.7 Å². The van der Waals surface area contributed by atoms with Gasteiger partial charge in [-0.15, -0.1) is 0 Å². The smallest absolute Gasteiger partial charge is 0.134 e. The van der Waals surface area contributed by atoms with Gasteiger partial charge in [-0.1, -0.05) is 12.1 Å². The highest BCUT2D eigenvalue weighted by molar-refractivity contribution is 9.10. The third-order valence-electron chi connectivity index (χ3n) is 3.77. The molecule has 0 atom stereocenters. The minimum atomic E-state index is -0.0936. The first-order valence-corrected chi connectivity index (χ1v) is 8.03. The Morgan fingerprint density at radius 3 is 2.80 bits per heavy atom. The fourth-order valence-electron chi connectivity index (χ4n) is 2.50. The maximum Gasteiger partial charge on any atom is 0.134 e. The number of hydrogen-bond donors (Lipinski definition) is 3. The second-order valence-corrected chi connectivity index (χ2v) is 6.21. The number of phenolic OH excluding ortho intramolecular Hbond substituents is 1. The lowest BCUT2D eigenvalue weighted by Gasteiger charge is -2.29. The van der Waals surface area contributed by atoms with Crippen molar-refractivity contribution in [3.63, 3.8) is 0 Å². The summed E-state index contributed by atoms with van der Waals surface area (Å²) in [6, 6.07) is 5.70. The highest BCUT2D eigenvalue weighted by Gasteiger charge is 2.15. The number of hydrogen-bond acceptors (Lipinski definition) is 4. The first kappa shape index (κ1) is 15.8. The number of aliphatic hydroxyl groups is 1. The molecule has 0 unspecified atom stereocenters. The van der Waals surface area contributed by atoms with Crippen LogP contribution in [0.3, 0.4) is 0 Å². The van der Waals surface area contributed by atoms with E-state index in [0.717, 1.165) is 55.5 Å². The van der Waals surface area contributed by atoms with Gasteiger partial charge in [0.2, 0.25) is 0 Å². The van der Waals surface area contributed by atoms with Crippen molar-refractivity contribution in [3.05, 3.63) is 28.2 Å². The molecule has 1 heterocycles. The van der Waals surface area contributed by atoms with E-state index in [0.29, 0.717) is 12.3 Å². The molecule has 1 aromatic rings. The van der Waals surface area contributed by atoms with E-state index in [1.165, 1.54) is 0 Å². The van der Waals surface area contributed by atoms with Gasteiger partial charge in [-0.25, -0.2) is 0 Å². The minimum absolute atomic E-state index is 0.0936. The largest absolute Gasteiger partial charge is 0.506 e. The highest BCUT2D eigenvalue weighted by atomic mass is 79.9. The highest BCUT2D eigenvalue weighted by Crippen LogP contribution is 2.27. The zero-order valence-corrected chi connectivity index (χ0v) is 13.3. The molecule has 2 rings (SSSR count). The van der Waals surface area contributed by atoms with Gasteiger partial charge in [-0.2, -0.15) is 0 Å². The fraction of sp³-hybridized carbons (Fsp3) is 0.600. The fourth-order valence-corrected chi connectivity index (χ4v) is 2.90. The summed E-state index contributed by atoms with van der Waals surface area (Å²) in [6.45, 7) is 4.71. The van der Waals surface area contributed by atoms with Gasteiger partial charge in [-0.05, 0) is 54.3 Å². The summed E-state index contributed by atoms with van der Waals surface area (Å²) in [4.78, 5) is 2.41. The molecule has 0 aromatic heterocycles. The van der Waals surface area contributed by atoms with E-state index in [1.54, 1.807) is 0 Å². The molecule has 20 heavy (non-hydrogen) atoms. The van der Waals surface area contributed by atoms with Crippen LogP contribution in [-0.4, -0.2) is 47.4 Å². The van der Waals surface area contributed by atoms with Crippen LogP contribution in [0.15, 0.2) is 22.7 Å². The lowest BCUT2D eigenvalue weighted by Crippen LogP contribution is -2.37. The van der Waals surface area contributed by atoms with Gasteiger partial charge in [0.15, 0.2) is 0 Å². The molecule has 4 nitrogen and oxygen atoms in total. The summed E-state index contributed by atoms with van der Waals surface area (Å²) in [5, 5.41) is 22.7. The van der Waals surface area contributed by atoms with E-state index >= 15 is 0 Å². The summed E-state index contributed by atoms with van der Waals surface area (Å²) < 4.78 is 0.740. The average molecular weight is 343 g/mol. The van der Waals surface area contributed by atoms with Gasteiger partial charge in [0.1, 0.15) is 5.75 Å². The van der Waals surface area contributed by atoms with E-state index in [2.05, 4.69) is 26.1 Å². The van der Waals surface area contributed by atoms with Crippen LogP contribution in [0, 0.1) is 0 Å². The number of aliphatic hydroxyl groups excluding tert-OH is 1. The standard InChI is InChI=1S/C15H23BrN2O2/c16-14-4-1-3-12(15(14)20)11-17-7-2-8-18-9-5-13(19)6-10-18/h1,3-4,13,17,19-20H,2,5-11H2. The van der Waals surface area contributed by atoms with E-state index in [4.69, 9.17) is 0 Å². The maximum atomic E-state index is 9.86. The monoisotopic (exact) mass is 342 g/mol. The Hall–Kier alpha value is -0.620. The molecule has 0 radical (unpaired) electrons. The van der Waals surface area contributed by atoms with Crippen LogP contribution in [0.2, 0.25) is 0 Å². The van der Waals surface area contributed by atoms with Crippen molar-refractivity contribution in [3.8, 4) is 5.75 Å². The molecule has 1 aliphatic heterocycles. The molecule has 0 bridgehead atoms. The number of rotatable bonds is 6. The van der Waals surface area contributed by atoms with Gasteiger partial charge >= 0.3 is 0 Å². The summed E-state index contributed by atoms with van der Waals surface area (Å²) in [5.74, 6) is 0.324. The molecular formula is C15H23BrN2O2. The Balaban J connectivity index is 1.61. The van der Waals surface area contributed by atoms with Crippen LogP contribution in [0.25, 0.3) is 0 Å². The van der Waals surface area contributed by atoms with Gasteiger partial charge in [0.05, 0.1) is 10.6 Å². The number of phenols is 1. The van der Waals surface area contributed by atoms with Crippen LogP contribution in [-0.2, 0) is 6.54 Å². The van der Waals surface area contributed by atoms with Crippen LogP contribution in [0.4, 0.5) is 0 Å². The molecule has 5 heteroatoms. The van der Waals surface area contributed by atoms with Crippen LogP contribution >= 0.6 is 15.9 Å².